The molecule has 3 rings (SSSR count). The zero-order chi connectivity index (χ0) is 13.3. The number of rotatable bonds is 4. The summed E-state index contributed by atoms with van der Waals surface area (Å²) >= 11 is 0. The molecule has 0 bridgehead atoms. The Bertz CT molecular complexity index is 541. The molecule has 3 nitrogen and oxygen atoms in total. The number of benzene rings is 1. The van der Waals surface area contributed by atoms with Crippen molar-refractivity contribution in [2.45, 2.75) is 44.7 Å². The van der Waals surface area contributed by atoms with Crippen molar-refractivity contribution >= 4 is 0 Å². The van der Waals surface area contributed by atoms with Crippen molar-refractivity contribution in [2.24, 2.45) is 0 Å². The quantitative estimate of drug-likeness (QED) is 0.913. The molecule has 0 aliphatic heterocycles. The van der Waals surface area contributed by atoms with Crippen LogP contribution in [0.3, 0.4) is 0 Å². The van der Waals surface area contributed by atoms with Crippen LogP contribution in [-0.4, -0.2) is 11.2 Å². The lowest BCUT2D eigenvalue weighted by Gasteiger charge is -2.46. The third-order valence-corrected chi connectivity index (χ3v) is 4.11. The Balaban J connectivity index is 1.53. The van der Waals surface area contributed by atoms with Crippen LogP contribution in [0.4, 0.5) is 0 Å². The summed E-state index contributed by atoms with van der Waals surface area (Å²) in [7, 11) is 0. The van der Waals surface area contributed by atoms with Gasteiger partial charge in [0.25, 0.3) is 0 Å². The number of nitrogens with one attached hydrogen (secondary N) is 1. The highest BCUT2D eigenvalue weighted by Crippen LogP contribution is 2.43. The molecule has 1 heterocycles. The van der Waals surface area contributed by atoms with E-state index in [1.807, 2.05) is 13.0 Å². The van der Waals surface area contributed by atoms with Crippen LogP contribution in [0.5, 0.6) is 0 Å². The SMILES string of the molecule is Cc1cc(CNC2CC(C)(c3ccccc3)C2)on1. The molecule has 0 saturated heterocycles. The molecule has 0 unspecified atom stereocenters. The molecule has 2 aromatic rings. The van der Waals surface area contributed by atoms with Crippen LogP contribution in [-0.2, 0) is 12.0 Å². The largest absolute Gasteiger partial charge is 0.360 e. The topological polar surface area (TPSA) is 38.1 Å². The molecular weight excluding hydrogens is 236 g/mol. The Hall–Kier alpha value is -1.61. The second-order valence-electron chi connectivity index (χ2n) is 5.85. The minimum Gasteiger partial charge on any atom is -0.360 e. The zero-order valence-electron chi connectivity index (χ0n) is 11.5. The van der Waals surface area contributed by atoms with E-state index < -0.39 is 0 Å². The second kappa shape index (κ2) is 4.82. The van der Waals surface area contributed by atoms with Crippen molar-refractivity contribution in [1.82, 2.24) is 10.5 Å². The van der Waals surface area contributed by atoms with Gasteiger partial charge in [-0.05, 0) is 30.7 Å². The fourth-order valence-corrected chi connectivity index (χ4v) is 2.99. The van der Waals surface area contributed by atoms with E-state index in [1.165, 1.54) is 18.4 Å². The van der Waals surface area contributed by atoms with Crippen LogP contribution in [0.2, 0.25) is 0 Å². The molecule has 0 spiro atoms. The number of aryl methyl sites for hydroxylation is 1. The summed E-state index contributed by atoms with van der Waals surface area (Å²) in [5, 5.41) is 7.44. The number of hydrogen-bond donors (Lipinski definition) is 1. The number of hydrogen-bond acceptors (Lipinski definition) is 3. The first-order chi connectivity index (χ1) is 9.16. The molecule has 19 heavy (non-hydrogen) atoms. The van der Waals surface area contributed by atoms with E-state index in [0.717, 1.165) is 18.0 Å². The van der Waals surface area contributed by atoms with Crippen molar-refractivity contribution in [3.8, 4) is 0 Å². The lowest BCUT2D eigenvalue weighted by Crippen LogP contribution is -2.49. The first kappa shape index (κ1) is 12.4. The van der Waals surface area contributed by atoms with Gasteiger partial charge in [0, 0.05) is 12.1 Å². The fraction of sp³-hybridized carbons (Fsp3) is 0.438. The normalized spacial score (nSPS) is 26.1. The molecule has 0 atom stereocenters. The van der Waals surface area contributed by atoms with Crippen molar-refractivity contribution in [3.05, 3.63) is 53.4 Å². The summed E-state index contributed by atoms with van der Waals surface area (Å²) in [4.78, 5) is 0. The van der Waals surface area contributed by atoms with E-state index in [4.69, 9.17) is 4.52 Å². The molecule has 100 valence electrons. The zero-order valence-corrected chi connectivity index (χ0v) is 11.5. The van der Waals surface area contributed by atoms with Crippen LogP contribution in [0.1, 0.15) is 36.8 Å². The van der Waals surface area contributed by atoms with Crippen molar-refractivity contribution in [2.75, 3.05) is 0 Å². The lowest BCUT2D eigenvalue weighted by molar-refractivity contribution is 0.184. The Morgan fingerprint density at radius 1 is 1.32 bits per heavy atom. The van der Waals surface area contributed by atoms with Gasteiger partial charge in [0.05, 0.1) is 12.2 Å². The Morgan fingerprint density at radius 3 is 2.68 bits per heavy atom. The van der Waals surface area contributed by atoms with Gasteiger partial charge in [0.1, 0.15) is 0 Å². The van der Waals surface area contributed by atoms with Gasteiger partial charge in [0.15, 0.2) is 5.76 Å². The summed E-state index contributed by atoms with van der Waals surface area (Å²) in [6.07, 6.45) is 2.37. The molecule has 1 aliphatic carbocycles. The van der Waals surface area contributed by atoms with Crippen LogP contribution >= 0.6 is 0 Å². The van der Waals surface area contributed by atoms with Crippen molar-refractivity contribution in [3.63, 3.8) is 0 Å². The van der Waals surface area contributed by atoms with Crippen LogP contribution in [0.25, 0.3) is 0 Å². The van der Waals surface area contributed by atoms with Gasteiger partial charge in [-0.25, -0.2) is 0 Å². The molecule has 1 fully saturated rings. The van der Waals surface area contributed by atoms with Gasteiger partial charge in [-0.3, -0.25) is 0 Å². The second-order valence-corrected chi connectivity index (χ2v) is 5.85. The molecule has 0 amide bonds. The van der Waals surface area contributed by atoms with Gasteiger partial charge in [0.2, 0.25) is 0 Å². The molecule has 1 N–H and O–H groups in total. The van der Waals surface area contributed by atoms with E-state index in [-0.39, 0.29) is 0 Å². The van der Waals surface area contributed by atoms with Gasteiger partial charge < -0.3 is 9.84 Å². The van der Waals surface area contributed by atoms with E-state index in [9.17, 15) is 0 Å². The Kier molecular flexibility index (Phi) is 3.15. The highest BCUT2D eigenvalue weighted by Gasteiger charge is 2.41. The average Bonchev–Trinajstić information content (AvgIpc) is 2.80. The molecule has 1 saturated carbocycles. The number of nitrogens with zero attached hydrogens (tertiary/aromatic N) is 1. The van der Waals surface area contributed by atoms with E-state index in [0.29, 0.717) is 11.5 Å². The Labute approximate surface area is 114 Å². The highest BCUT2D eigenvalue weighted by molar-refractivity contribution is 5.28. The van der Waals surface area contributed by atoms with E-state index in [1.54, 1.807) is 0 Å². The minimum atomic E-state index is 0.330. The van der Waals surface area contributed by atoms with Gasteiger partial charge >= 0.3 is 0 Å². The molecule has 0 radical (unpaired) electrons. The maximum atomic E-state index is 5.21. The van der Waals surface area contributed by atoms with Crippen molar-refractivity contribution in [1.29, 1.82) is 0 Å². The minimum absolute atomic E-state index is 0.330. The van der Waals surface area contributed by atoms with Gasteiger partial charge in [-0.2, -0.15) is 0 Å². The Morgan fingerprint density at radius 2 is 2.05 bits per heavy atom. The summed E-state index contributed by atoms with van der Waals surface area (Å²) < 4.78 is 5.21. The summed E-state index contributed by atoms with van der Waals surface area (Å²) in [5.74, 6) is 0.922. The lowest BCUT2D eigenvalue weighted by atomic mass is 9.63. The molecule has 1 aromatic carbocycles. The van der Waals surface area contributed by atoms with Crippen LogP contribution in [0.15, 0.2) is 40.9 Å². The standard InChI is InChI=1S/C16H20N2O/c1-12-8-15(19-18-12)11-17-14-9-16(2,10-14)13-6-4-3-5-7-13/h3-8,14,17H,9-11H2,1-2H3. The molecular formula is C16H20N2O. The highest BCUT2D eigenvalue weighted by atomic mass is 16.5. The fourth-order valence-electron chi connectivity index (χ4n) is 2.99. The molecule has 1 aromatic heterocycles. The predicted molar refractivity (Wildman–Crippen MR) is 74.9 cm³/mol. The third kappa shape index (κ3) is 2.56. The van der Waals surface area contributed by atoms with Gasteiger partial charge in [-0.1, -0.05) is 42.4 Å². The predicted octanol–water partition coefficient (Wildman–Crippen LogP) is 3.19. The monoisotopic (exact) mass is 256 g/mol. The summed E-state index contributed by atoms with van der Waals surface area (Å²) in [6.45, 7) is 5.07. The van der Waals surface area contributed by atoms with E-state index >= 15 is 0 Å². The maximum absolute atomic E-state index is 5.21. The van der Waals surface area contributed by atoms with Crippen LogP contribution < -0.4 is 5.32 Å². The van der Waals surface area contributed by atoms with Gasteiger partial charge in [-0.15, -0.1) is 0 Å². The third-order valence-electron chi connectivity index (χ3n) is 4.11. The summed E-state index contributed by atoms with van der Waals surface area (Å²) in [5.41, 5.74) is 2.72. The summed E-state index contributed by atoms with van der Waals surface area (Å²) in [6, 6.07) is 13.4. The molecule has 1 aliphatic rings. The maximum Gasteiger partial charge on any atom is 0.150 e. The van der Waals surface area contributed by atoms with E-state index in [2.05, 4.69) is 47.7 Å². The van der Waals surface area contributed by atoms with Crippen LogP contribution in [0, 0.1) is 6.92 Å². The van der Waals surface area contributed by atoms with Crippen molar-refractivity contribution < 1.29 is 4.52 Å². The molecule has 3 heteroatoms. The first-order valence-corrected chi connectivity index (χ1v) is 6.87. The first-order valence-electron chi connectivity index (χ1n) is 6.87. The average molecular weight is 256 g/mol. The number of aromatic nitrogens is 1. The smallest absolute Gasteiger partial charge is 0.150 e.